The summed E-state index contributed by atoms with van der Waals surface area (Å²) in [6.45, 7) is 12.0. The maximum atomic E-state index is 5.83. The van der Waals surface area contributed by atoms with Crippen LogP contribution in [0.15, 0.2) is 24.8 Å². The summed E-state index contributed by atoms with van der Waals surface area (Å²) in [6.07, 6.45) is 5.59. The molecule has 2 bridgehead atoms. The lowest BCUT2D eigenvalue weighted by Gasteiger charge is -2.53. The van der Waals surface area contributed by atoms with Gasteiger partial charge < -0.3 is 10.1 Å². The molecule has 1 saturated heterocycles. The molecule has 3 rings (SSSR count). The van der Waals surface area contributed by atoms with Gasteiger partial charge in [0.1, 0.15) is 5.75 Å². The third-order valence-electron chi connectivity index (χ3n) is 6.03. The normalized spacial score (nSPS) is 31.3. The van der Waals surface area contributed by atoms with Crippen molar-refractivity contribution in [2.24, 2.45) is 11.8 Å². The van der Waals surface area contributed by atoms with Crippen LogP contribution in [-0.4, -0.2) is 19.7 Å². The average molecular weight is 299 g/mol. The highest BCUT2D eigenvalue weighted by Crippen LogP contribution is 2.53. The molecule has 1 aliphatic heterocycles. The van der Waals surface area contributed by atoms with E-state index in [1.807, 2.05) is 7.11 Å². The molecule has 1 heterocycles. The Kier molecular flexibility index (Phi) is 4.07. The summed E-state index contributed by atoms with van der Waals surface area (Å²) in [6, 6.07) is 5.18. The van der Waals surface area contributed by atoms with Crippen molar-refractivity contribution < 1.29 is 4.74 Å². The lowest BCUT2D eigenvalue weighted by Crippen LogP contribution is -2.58. The molecular formula is C20H29NO. The number of methoxy groups -OCH3 is 1. The first-order chi connectivity index (χ1) is 10.5. The molecule has 0 amide bonds. The minimum atomic E-state index is 0.218. The number of nitrogens with one attached hydrogen (secondary N) is 1. The van der Waals surface area contributed by atoms with Crippen LogP contribution >= 0.6 is 0 Å². The molecule has 0 radical (unpaired) electrons. The SMILES string of the molecule is C=CC(C)CC12CCNC(Cc3cc(C)cc(OC)c31)C2C. The summed E-state index contributed by atoms with van der Waals surface area (Å²) >= 11 is 0. The van der Waals surface area contributed by atoms with E-state index in [4.69, 9.17) is 4.74 Å². The molecule has 0 spiro atoms. The van der Waals surface area contributed by atoms with E-state index in [0.29, 0.717) is 17.9 Å². The molecule has 1 aromatic carbocycles. The Labute approximate surface area is 135 Å². The molecular weight excluding hydrogens is 270 g/mol. The Morgan fingerprint density at radius 1 is 1.50 bits per heavy atom. The fourth-order valence-electron chi connectivity index (χ4n) is 4.87. The van der Waals surface area contributed by atoms with Gasteiger partial charge in [0.25, 0.3) is 0 Å². The summed E-state index contributed by atoms with van der Waals surface area (Å²) in [7, 11) is 1.82. The fraction of sp³-hybridized carbons (Fsp3) is 0.600. The second-order valence-electron chi connectivity index (χ2n) is 7.38. The Morgan fingerprint density at radius 2 is 2.27 bits per heavy atom. The lowest BCUT2D eigenvalue weighted by atomic mass is 9.55. The molecule has 4 atom stereocenters. The van der Waals surface area contributed by atoms with E-state index >= 15 is 0 Å². The summed E-state index contributed by atoms with van der Waals surface area (Å²) in [5.41, 5.74) is 4.49. The predicted molar refractivity (Wildman–Crippen MR) is 92.7 cm³/mol. The first kappa shape index (κ1) is 15.6. The highest BCUT2D eigenvalue weighted by molar-refractivity contribution is 5.52. The van der Waals surface area contributed by atoms with Crippen LogP contribution in [0.3, 0.4) is 0 Å². The number of piperidine rings is 1. The Balaban J connectivity index is 2.20. The zero-order chi connectivity index (χ0) is 15.9. The van der Waals surface area contributed by atoms with E-state index in [0.717, 1.165) is 18.7 Å². The largest absolute Gasteiger partial charge is 0.496 e. The van der Waals surface area contributed by atoms with Gasteiger partial charge in [-0.2, -0.15) is 0 Å². The van der Waals surface area contributed by atoms with Crippen LogP contribution in [0.1, 0.15) is 43.4 Å². The van der Waals surface area contributed by atoms with Crippen molar-refractivity contribution in [3.05, 3.63) is 41.5 Å². The molecule has 2 heteroatoms. The highest BCUT2D eigenvalue weighted by atomic mass is 16.5. The number of hydrogen-bond acceptors (Lipinski definition) is 2. The Hall–Kier alpha value is -1.28. The third-order valence-corrected chi connectivity index (χ3v) is 6.03. The number of allylic oxidation sites excluding steroid dienone is 1. The zero-order valence-corrected chi connectivity index (χ0v) is 14.4. The van der Waals surface area contributed by atoms with Gasteiger partial charge in [0.15, 0.2) is 0 Å². The van der Waals surface area contributed by atoms with Gasteiger partial charge >= 0.3 is 0 Å². The van der Waals surface area contributed by atoms with Crippen LogP contribution in [0.25, 0.3) is 0 Å². The summed E-state index contributed by atoms with van der Waals surface area (Å²) < 4.78 is 5.83. The smallest absolute Gasteiger partial charge is 0.123 e. The second-order valence-corrected chi connectivity index (χ2v) is 7.38. The minimum Gasteiger partial charge on any atom is -0.496 e. The maximum Gasteiger partial charge on any atom is 0.123 e. The van der Waals surface area contributed by atoms with Gasteiger partial charge in [-0.1, -0.05) is 26.0 Å². The van der Waals surface area contributed by atoms with E-state index in [1.54, 1.807) is 0 Å². The predicted octanol–water partition coefficient (Wildman–Crippen LogP) is 4.01. The third kappa shape index (κ3) is 2.28. The van der Waals surface area contributed by atoms with Gasteiger partial charge in [0.2, 0.25) is 0 Å². The number of hydrogen-bond donors (Lipinski definition) is 1. The monoisotopic (exact) mass is 299 g/mol. The number of fused-ring (bicyclic) bond motifs is 4. The molecule has 22 heavy (non-hydrogen) atoms. The number of rotatable bonds is 4. The van der Waals surface area contributed by atoms with Crippen molar-refractivity contribution in [1.82, 2.24) is 5.32 Å². The average Bonchev–Trinajstić information content (AvgIpc) is 2.48. The van der Waals surface area contributed by atoms with Crippen molar-refractivity contribution in [1.29, 1.82) is 0 Å². The number of benzene rings is 1. The van der Waals surface area contributed by atoms with Crippen LogP contribution in [0, 0.1) is 18.8 Å². The summed E-state index contributed by atoms with van der Waals surface area (Å²) in [5, 5.41) is 3.75. The molecule has 2 nitrogen and oxygen atoms in total. The quantitative estimate of drug-likeness (QED) is 0.848. The lowest BCUT2D eigenvalue weighted by molar-refractivity contribution is 0.118. The van der Waals surface area contributed by atoms with Gasteiger partial charge in [-0.15, -0.1) is 6.58 Å². The number of aryl methyl sites for hydroxylation is 1. The van der Waals surface area contributed by atoms with Crippen LogP contribution in [-0.2, 0) is 11.8 Å². The van der Waals surface area contributed by atoms with E-state index in [-0.39, 0.29) is 5.41 Å². The van der Waals surface area contributed by atoms with Crippen LogP contribution in [0.4, 0.5) is 0 Å². The second kappa shape index (κ2) is 5.73. The van der Waals surface area contributed by atoms with Gasteiger partial charge in [-0.05, 0) is 61.8 Å². The van der Waals surface area contributed by atoms with Gasteiger partial charge in [0.05, 0.1) is 7.11 Å². The molecule has 2 aliphatic rings. The first-order valence-electron chi connectivity index (χ1n) is 8.55. The topological polar surface area (TPSA) is 21.3 Å². The van der Waals surface area contributed by atoms with Crippen molar-refractivity contribution >= 4 is 0 Å². The van der Waals surface area contributed by atoms with E-state index in [9.17, 15) is 0 Å². The van der Waals surface area contributed by atoms with Crippen molar-refractivity contribution in [3.63, 3.8) is 0 Å². The first-order valence-corrected chi connectivity index (χ1v) is 8.55. The highest BCUT2D eigenvalue weighted by Gasteiger charge is 2.50. The molecule has 1 aromatic rings. The summed E-state index contributed by atoms with van der Waals surface area (Å²) in [4.78, 5) is 0. The van der Waals surface area contributed by atoms with Crippen LogP contribution in [0.2, 0.25) is 0 Å². The van der Waals surface area contributed by atoms with Crippen molar-refractivity contribution in [3.8, 4) is 5.75 Å². The molecule has 1 fully saturated rings. The number of ether oxygens (including phenoxy) is 1. The van der Waals surface area contributed by atoms with Crippen molar-refractivity contribution in [2.45, 2.75) is 51.5 Å². The Bertz CT molecular complexity index is 579. The Morgan fingerprint density at radius 3 is 2.95 bits per heavy atom. The van der Waals surface area contributed by atoms with E-state index < -0.39 is 0 Å². The van der Waals surface area contributed by atoms with E-state index in [1.165, 1.54) is 29.5 Å². The molecule has 0 saturated carbocycles. The van der Waals surface area contributed by atoms with Gasteiger partial charge in [-0.25, -0.2) is 0 Å². The van der Waals surface area contributed by atoms with E-state index in [2.05, 4.69) is 50.9 Å². The van der Waals surface area contributed by atoms with Gasteiger partial charge in [-0.3, -0.25) is 0 Å². The molecule has 4 unspecified atom stereocenters. The summed E-state index contributed by atoms with van der Waals surface area (Å²) in [5.74, 6) is 2.25. The molecule has 0 aromatic heterocycles. The minimum absolute atomic E-state index is 0.218. The van der Waals surface area contributed by atoms with Gasteiger partial charge in [0, 0.05) is 17.0 Å². The van der Waals surface area contributed by atoms with Crippen LogP contribution in [0.5, 0.6) is 5.75 Å². The molecule has 1 N–H and O–H groups in total. The standard InChI is InChI=1S/C20H29NO/c1-6-13(2)12-20-7-8-21-17(15(20)4)11-16-9-14(3)10-18(22-5)19(16)20/h6,9-10,13,15,17,21H,1,7-8,11-12H2,2-5H3. The van der Waals surface area contributed by atoms with Crippen molar-refractivity contribution in [2.75, 3.05) is 13.7 Å². The maximum absolute atomic E-state index is 5.83. The molecule has 120 valence electrons. The zero-order valence-electron chi connectivity index (χ0n) is 14.4. The molecule has 1 aliphatic carbocycles. The van der Waals surface area contributed by atoms with Crippen LogP contribution < -0.4 is 10.1 Å². The fourth-order valence-corrected chi connectivity index (χ4v) is 4.87.